The summed E-state index contributed by atoms with van der Waals surface area (Å²) in [5, 5.41) is 13.4. The number of methoxy groups -OCH3 is 1. The van der Waals surface area contributed by atoms with Gasteiger partial charge in [-0.05, 0) is 43.0 Å². The number of benzene rings is 1. The summed E-state index contributed by atoms with van der Waals surface area (Å²) >= 11 is 1.85. The van der Waals surface area contributed by atoms with Crippen molar-refractivity contribution in [3.8, 4) is 5.75 Å². The fourth-order valence-electron chi connectivity index (χ4n) is 1.68. The van der Waals surface area contributed by atoms with Crippen LogP contribution in [0.4, 0.5) is 0 Å². The molecule has 3 nitrogen and oxygen atoms in total. The molecule has 0 amide bonds. The van der Waals surface area contributed by atoms with E-state index in [0.29, 0.717) is 12.6 Å². The number of hydrogen-bond donors (Lipinski definition) is 2. The largest absolute Gasteiger partial charge is 0.497 e. The van der Waals surface area contributed by atoms with Gasteiger partial charge in [0.25, 0.3) is 0 Å². The van der Waals surface area contributed by atoms with Crippen molar-refractivity contribution in [2.75, 3.05) is 25.7 Å². The summed E-state index contributed by atoms with van der Waals surface area (Å²) in [7, 11) is 1.63. The van der Waals surface area contributed by atoms with E-state index < -0.39 is 6.10 Å². The van der Waals surface area contributed by atoms with Crippen LogP contribution in [0.3, 0.4) is 0 Å². The van der Waals surface area contributed by atoms with Crippen LogP contribution in [0.5, 0.6) is 5.75 Å². The lowest BCUT2D eigenvalue weighted by molar-refractivity contribution is 0.170. The van der Waals surface area contributed by atoms with Gasteiger partial charge < -0.3 is 15.2 Å². The molecule has 0 saturated carbocycles. The fourth-order valence-corrected chi connectivity index (χ4v) is 2.27. The summed E-state index contributed by atoms with van der Waals surface area (Å²) in [5.74, 6) is 1.92. The van der Waals surface area contributed by atoms with Gasteiger partial charge in [-0.15, -0.1) is 0 Å². The van der Waals surface area contributed by atoms with Crippen LogP contribution in [0.2, 0.25) is 0 Å². The molecule has 102 valence electrons. The van der Waals surface area contributed by atoms with Crippen molar-refractivity contribution < 1.29 is 9.84 Å². The van der Waals surface area contributed by atoms with Crippen molar-refractivity contribution in [3.63, 3.8) is 0 Å². The minimum absolute atomic E-state index is 0.428. The summed E-state index contributed by atoms with van der Waals surface area (Å²) in [6.45, 7) is 2.72. The van der Waals surface area contributed by atoms with Crippen LogP contribution in [-0.2, 0) is 0 Å². The van der Waals surface area contributed by atoms with Crippen LogP contribution in [0, 0.1) is 0 Å². The third kappa shape index (κ3) is 5.29. The standard InChI is InChI=1S/C14H23NO2S/c1-11(7-8-18-3)15-10-14(16)12-5-4-6-13(9-12)17-2/h4-6,9,11,14-16H,7-8,10H2,1-3H3. The molecule has 0 aliphatic heterocycles. The van der Waals surface area contributed by atoms with Crippen LogP contribution in [0.25, 0.3) is 0 Å². The SMILES string of the molecule is COc1cccc(C(O)CNC(C)CCSC)c1. The molecule has 0 saturated heterocycles. The molecule has 18 heavy (non-hydrogen) atoms. The first-order valence-corrected chi connectivity index (χ1v) is 7.61. The molecule has 1 aromatic rings. The zero-order valence-electron chi connectivity index (χ0n) is 11.3. The molecular formula is C14H23NO2S. The molecule has 4 heteroatoms. The van der Waals surface area contributed by atoms with Crippen LogP contribution in [-0.4, -0.2) is 36.8 Å². The summed E-state index contributed by atoms with van der Waals surface area (Å²) in [5.41, 5.74) is 0.888. The van der Waals surface area contributed by atoms with Crippen molar-refractivity contribution >= 4 is 11.8 Å². The molecule has 0 fully saturated rings. The van der Waals surface area contributed by atoms with Crippen molar-refractivity contribution in [2.24, 2.45) is 0 Å². The number of aliphatic hydroxyl groups is 1. The Morgan fingerprint density at radius 3 is 2.89 bits per heavy atom. The third-order valence-corrected chi connectivity index (χ3v) is 3.54. The average molecular weight is 269 g/mol. The number of nitrogens with one attached hydrogen (secondary N) is 1. The molecule has 2 unspecified atom stereocenters. The van der Waals surface area contributed by atoms with Crippen LogP contribution in [0.15, 0.2) is 24.3 Å². The van der Waals surface area contributed by atoms with Crippen molar-refractivity contribution in [1.82, 2.24) is 5.32 Å². The van der Waals surface area contributed by atoms with E-state index in [4.69, 9.17) is 4.74 Å². The number of aliphatic hydroxyl groups excluding tert-OH is 1. The molecule has 0 radical (unpaired) electrons. The van der Waals surface area contributed by atoms with Crippen molar-refractivity contribution in [3.05, 3.63) is 29.8 Å². The lowest BCUT2D eigenvalue weighted by Crippen LogP contribution is -2.30. The van der Waals surface area contributed by atoms with E-state index in [-0.39, 0.29) is 0 Å². The summed E-state index contributed by atoms with van der Waals surface area (Å²) < 4.78 is 5.15. The highest BCUT2D eigenvalue weighted by atomic mass is 32.2. The molecule has 0 aliphatic rings. The van der Waals surface area contributed by atoms with Crippen LogP contribution >= 0.6 is 11.8 Å². The van der Waals surface area contributed by atoms with E-state index in [0.717, 1.165) is 23.5 Å². The van der Waals surface area contributed by atoms with E-state index >= 15 is 0 Å². The Balaban J connectivity index is 2.41. The Morgan fingerprint density at radius 2 is 2.22 bits per heavy atom. The van der Waals surface area contributed by atoms with E-state index in [1.165, 1.54) is 0 Å². The lowest BCUT2D eigenvalue weighted by atomic mass is 10.1. The van der Waals surface area contributed by atoms with Gasteiger partial charge in [0.05, 0.1) is 13.2 Å². The number of ether oxygens (including phenoxy) is 1. The Hall–Kier alpha value is -0.710. The second kappa shape index (κ2) is 8.40. The molecule has 1 aromatic carbocycles. The van der Waals surface area contributed by atoms with Gasteiger partial charge in [0.15, 0.2) is 0 Å². The number of thioether (sulfide) groups is 1. The van der Waals surface area contributed by atoms with Crippen molar-refractivity contribution in [2.45, 2.75) is 25.5 Å². The summed E-state index contributed by atoms with van der Waals surface area (Å²) in [6.07, 6.45) is 2.74. The number of rotatable bonds is 8. The van der Waals surface area contributed by atoms with Gasteiger partial charge in [0.2, 0.25) is 0 Å². The summed E-state index contributed by atoms with van der Waals surface area (Å²) in [4.78, 5) is 0. The van der Waals surface area contributed by atoms with Crippen molar-refractivity contribution in [1.29, 1.82) is 0 Å². The average Bonchev–Trinajstić information content (AvgIpc) is 2.42. The molecular weight excluding hydrogens is 246 g/mol. The van der Waals surface area contributed by atoms with E-state index in [9.17, 15) is 5.11 Å². The first-order valence-electron chi connectivity index (χ1n) is 6.21. The first-order chi connectivity index (χ1) is 8.67. The third-order valence-electron chi connectivity index (χ3n) is 2.89. The molecule has 2 atom stereocenters. The van der Waals surface area contributed by atoms with Gasteiger partial charge in [-0.2, -0.15) is 11.8 Å². The molecule has 0 heterocycles. The zero-order valence-corrected chi connectivity index (χ0v) is 12.2. The van der Waals surface area contributed by atoms with Crippen LogP contribution < -0.4 is 10.1 Å². The lowest BCUT2D eigenvalue weighted by Gasteiger charge is -2.17. The van der Waals surface area contributed by atoms with Gasteiger partial charge in [-0.1, -0.05) is 12.1 Å². The molecule has 0 aromatic heterocycles. The van der Waals surface area contributed by atoms with Gasteiger partial charge >= 0.3 is 0 Å². The maximum Gasteiger partial charge on any atom is 0.119 e. The highest BCUT2D eigenvalue weighted by Crippen LogP contribution is 2.18. The second-order valence-corrected chi connectivity index (χ2v) is 5.37. The highest BCUT2D eigenvalue weighted by molar-refractivity contribution is 7.98. The second-order valence-electron chi connectivity index (χ2n) is 4.38. The predicted octanol–water partition coefficient (Wildman–Crippen LogP) is 2.46. The molecule has 0 bridgehead atoms. The maximum atomic E-state index is 10.1. The van der Waals surface area contributed by atoms with E-state index in [1.807, 2.05) is 36.0 Å². The van der Waals surface area contributed by atoms with E-state index in [1.54, 1.807) is 7.11 Å². The molecule has 0 aliphatic carbocycles. The quantitative estimate of drug-likeness (QED) is 0.761. The Bertz CT molecular complexity index is 346. The highest BCUT2D eigenvalue weighted by Gasteiger charge is 2.10. The smallest absolute Gasteiger partial charge is 0.119 e. The first kappa shape index (κ1) is 15.3. The van der Waals surface area contributed by atoms with E-state index in [2.05, 4.69) is 18.5 Å². The number of hydrogen-bond acceptors (Lipinski definition) is 4. The van der Waals surface area contributed by atoms with Crippen LogP contribution in [0.1, 0.15) is 25.0 Å². The molecule has 0 spiro atoms. The Labute approximate surface area is 114 Å². The minimum Gasteiger partial charge on any atom is -0.497 e. The Kier molecular flexibility index (Phi) is 7.16. The monoisotopic (exact) mass is 269 g/mol. The fraction of sp³-hybridized carbons (Fsp3) is 0.571. The zero-order chi connectivity index (χ0) is 13.4. The topological polar surface area (TPSA) is 41.5 Å². The predicted molar refractivity (Wildman–Crippen MR) is 78.4 cm³/mol. The van der Waals surface area contributed by atoms with Gasteiger partial charge in [-0.3, -0.25) is 0 Å². The minimum atomic E-state index is -0.489. The van der Waals surface area contributed by atoms with Gasteiger partial charge in [0.1, 0.15) is 5.75 Å². The Morgan fingerprint density at radius 1 is 1.44 bits per heavy atom. The summed E-state index contributed by atoms with van der Waals surface area (Å²) in [6, 6.07) is 8.00. The molecule has 1 rings (SSSR count). The molecule has 2 N–H and O–H groups in total. The normalized spacial score (nSPS) is 14.2. The maximum absolute atomic E-state index is 10.1. The van der Waals surface area contributed by atoms with Gasteiger partial charge in [-0.25, -0.2) is 0 Å². The van der Waals surface area contributed by atoms with Gasteiger partial charge in [0, 0.05) is 12.6 Å².